The number of carbonyl (C=O) groups is 2. The summed E-state index contributed by atoms with van der Waals surface area (Å²) in [5.74, 6) is 0.791. The van der Waals surface area contributed by atoms with Gasteiger partial charge in [-0.2, -0.15) is 5.10 Å². The van der Waals surface area contributed by atoms with E-state index in [1.807, 2.05) is 30.5 Å². The van der Waals surface area contributed by atoms with Crippen LogP contribution in [0.15, 0.2) is 34.3 Å². The van der Waals surface area contributed by atoms with Gasteiger partial charge in [-0.25, -0.2) is 0 Å². The monoisotopic (exact) mass is 415 g/mol. The number of piperazine rings is 1. The fourth-order valence-electron chi connectivity index (χ4n) is 4.72. The van der Waals surface area contributed by atoms with E-state index in [4.69, 9.17) is 0 Å². The number of nitrogens with one attached hydrogen (secondary N) is 2. The van der Waals surface area contributed by atoms with Gasteiger partial charge in [-0.3, -0.25) is 15.0 Å². The van der Waals surface area contributed by atoms with Crippen molar-refractivity contribution in [3.8, 4) is 0 Å². The summed E-state index contributed by atoms with van der Waals surface area (Å²) in [6, 6.07) is 8.07. The molecule has 1 aromatic rings. The fraction of sp³-hybridized carbons (Fsp3) is 0.571. The van der Waals surface area contributed by atoms with Crippen LogP contribution >= 0.6 is 11.8 Å². The van der Waals surface area contributed by atoms with Crippen molar-refractivity contribution in [3.05, 3.63) is 24.3 Å². The lowest BCUT2D eigenvalue weighted by atomic mass is 9.85. The topological polar surface area (TPSA) is 77.0 Å². The van der Waals surface area contributed by atoms with E-state index in [0.717, 1.165) is 54.9 Å². The standard InChI is InChI=1S/C21H29N5O2S/c1-3-7-18-23-24-20-21(28)25(16-10-4-5-11-17(16)26(18)20)13-19(27)22-14-8-6-9-15(12-14)29-2/h6,8-9,12,16-17,20,24H,3-5,7,10-11,13H2,1-2H3,(H,22,27). The molecule has 3 unspecified atom stereocenters. The van der Waals surface area contributed by atoms with Gasteiger partial charge in [0.05, 0.1) is 12.1 Å². The van der Waals surface area contributed by atoms with Crippen LogP contribution in [0, 0.1) is 0 Å². The number of hydrogen-bond acceptors (Lipinski definition) is 6. The smallest absolute Gasteiger partial charge is 0.268 e. The molecule has 156 valence electrons. The van der Waals surface area contributed by atoms with Crippen LogP contribution < -0.4 is 10.7 Å². The maximum atomic E-state index is 13.3. The summed E-state index contributed by atoms with van der Waals surface area (Å²) in [5.41, 5.74) is 3.80. The van der Waals surface area contributed by atoms with Gasteiger partial charge in [-0.05, 0) is 43.7 Å². The number of amides is 2. The average Bonchev–Trinajstić information content (AvgIpc) is 3.15. The lowest BCUT2D eigenvalue weighted by molar-refractivity contribution is -0.151. The highest BCUT2D eigenvalue weighted by Gasteiger charge is 2.50. The molecule has 2 fully saturated rings. The van der Waals surface area contributed by atoms with Gasteiger partial charge in [0.1, 0.15) is 12.4 Å². The van der Waals surface area contributed by atoms with Crippen LogP contribution in [0.4, 0.5) is 5.69 Å². The molecule has 1 saturated heterocycles. The Labute approximate surface area is 176 Å². The van der Waals surface area contributed by atoms with E-state index >= 15 is 0 Å². The molecular formula is C21H29N5O2S. The molecule has 2 aliphatic heterocycles. The van der Waals surface area contributed by atoms with Crippen LogP contribution in [0.25, 0.3) is 0 Å². The van der Waals surface area contributed by atoms with Gasteiger partial charge in [-0.15, -0.1) is 11.8 Å². The van der Waals surface area contributed by atoms with Crippen molar-refractivity contribution in [2.24, 2.45) is 5.10 Å². The molecule has 8 heteroatoms. The maximum Gasteiger partial charge on any atom is 0.268 e. The first-order valence-electron chi connectivity index (χ1n) is 10.5. The van der Waals surface area contributed by atoms with Crippen LogP contribution in [0.5, 0.6) is 0 Å². The van der Waals surface area contributed by atoms with Crippen molar-refractivity contribution < 1.29 is 9.59 Å². The van der Waals surface area contributed by atoms with Crippen LogP contribution in [0.3, 0.4) is 0 Å². The Balaban J connectivity index is 1.50. The van der Waals surface area contributed by atoms with Gasteiger partial charge >= 0.3 is 0 Å². The highest BCUT2D eigenvalue weighted by atomic mass is 32.2. The molecule has 2 amide bonds. The molecule has 0 spiro atoms. The minimum atomic E-state index is -0.469. The summed E-state index contributed by atoms with van der Waals surface area (Å²) in [5, 5.41) is 7.41. The van der Waals surface area contributed by atoms with E-state index < -0.39 is 6.17 Å². The second-order valence-corrected chi connectivity index (χ2v) is 8.76. The number of thioether (sulfide) groups is 1. The summed E-state index contributed by atoms with van der Waals surface area (Å²) in [4.78, 5) is 31.1. The number of hydrazone groups is 1. The van der Waals surface area contributed by atoms with Crippen molar-refractivity contribution in [2.75, 3.05) is 18.1 Å². The third-order valence-corrected chi connectivity index (χ3v) is 6.73. The summed E-state index contributed by atoms with van der Waals surface area (Å²) < 4.78 is 0. The third-order valence-electron chi connectivity index (χ3n) is 6.00. The number of amidine groups is 1. The van der Waals surface area contributed by atoms with E-state index in [-0.39, 0.29) is 30.4 Å². The van der Waals surface area contributed by atoms with Gasteiger partial charge in [0.15, 0.2) is 6.17 Å². The Morgan fingerprint density at radius 2 is 2.10 bits per heavy atom. The molecule has 3 atom stereocenters. The van der Waals surface area contributed by atoms with E-state index in [9.17, 15) is 9.59 Å². The highest BCUT2D eigenvalue weighted by molar-refractivity contribution is 7.98. The van der Waals surface area contributed by atoms with Crippen LogP contribution in [-0.2, 0) is 9.59 Å². The van der Waals surface area contributed by atoms with Gasteiger partial charge < -0.3 is 15.1 Å². The Kier molecular flexibility index (Phi) is 5.99. The zero-order valence-electron chi connectivity index (χ0n) is 17.1. The number of hydrogen-bond donors (Lipinski definition) is 2. The Morgan fingerprint density at radius 1 is 1.31 bits per heavy atom. The molecule has 3 aliphatic rings. The summed E-state index contributed by atoms with van der Waals surface area (Å²) in [7, 11) is 0. The number of benzene rings is 1. The molecule has 2 N–H and O–H groups in total. The molecule has 1 saturated carbocycles. The molecule has 1 aromatic carbocycles. The van der Waals surface area contributed by atoms with Gasteiger partial charge in [0, 0.05) is 17.0 Å². The predicted molar refractivity (Wildman–Crippen MR) is 116 cm³/mol. The molecule has 1 aliphatic carbocycles. The number of anilines is 1. The summed E-state index contributed by atoms with van der Waals surface area (Å²) >= 11 is 1.63. The summed E-state index contributed by atoms with van der Waals surface area (Å²) in [6.07, 6.45) is 7.62. The highest BCUT2D eigenvalue weighted by Crippen LogP contribution is 2.35. The van der Waals surface area contributed by atoms with Crippen molar-refractivity contribution in [2.45, 2.75) is 68.6 Å². The summed E-state index contributed by atoms with van der Waals surface area (Å²) in [6.45, 7) is 2.21. The first kappa shape index (κ1) is 20.1. The SMILES string of the molecule is CCCC1=NNC2C(=O)N(CC(=O)Nc3cccc(SC)c3)C3CCCCC3N12. The Hall–Kier alpha value is -2.22. The first-order valence-corrected chi connectivity index (χ1v) is 11.7. The van der Waals surface area contributed by atoms with Gasteiger partial charge in [0.25, 0.3) is 5.91 Å². The second-order valence-electron chi connectivity index (χ2n) is 7.88. The molecule has 2 heterocycles. The molecule has 7 nitrogen and oxygen atoms in total. The Morgan fingerprint density at radius 3 is 2.86 bits per heavy atom. The Bertz CT molecular complexity index is 814. The van der Waals surface area contributed by atoms with E-state index in [2.05, 4.69) is 27.7 Å². The largest absolute Gasteiger partial charge is 0.325 e. The van der Waals surface area contributed by atoms with Crippen LogP contribution in [-0.4, -0.2) is 58.5 Å². The predicted octanol–water partition coefficient (Wildman–Crippen LogP) is 2.85. The normalized spacial score (nSPS) is 25.8. The van der Waals surface area contributed by atoms with Gasteiger partial charge in [0.2, 0.25) is 5.91 Å². The quantitative estimate of drug-likeness (QED) is 0.699. The van der Waals surface area contributed by atoms with Crippen molar-refractivity contribution in [3.63, 3.8) is 0 Å². The molecular weight excluding hydrogens is 386 g/mol. The zero-order chi connectivity index (χ0) is 20.4. The number of fused-ring (bicyclic) bond motifs is 3. The third kappa shape index (κ3) is 3.95. The molecule has 0 bridgehead atoms. The van der Waals surface area contributed by atoms with E-state index in [0.29, 0.717) is 0 Å². The number of carbonyl (C=O) groups excluding carboxylic acids is 2. The number of rotatable bonds is 6. The lowest BCUT2D eigenvalue weighted by Crippen LogP contribution is -2.69. The molecule has 29 heavy (non-hydrogen) atoms. The van der Waals surface area contributed by atoms with Crippen molar-refractivity contribution >= 4 is 35.1 Å². The van der Waals surface area contributed by atoms with Crippen LogP contribution in [0.2, 0.25) is 0 Å². The van der Waals surface area contributed by atoms with E-state index in [1.165, 1.54) is 0 Å². The zero-order valence-corrected chi connectivity index (χ0v) is 17.9. The number of nitrogens with zero attached hydrogens (tertiary/aromatic N) is 3. The molecule has 0 aromatic heterocycles. The molecule has 4 rings (SSSR count). The van der Waals surface area contributed by atoms with Gasteiger partial charge in [-0.1, -0.05) is 25.8 Å². The minimum Gasteiger partial charge on any atom is -0.325 e. The maximum absolute atomic E-state index is 13.3. The van der Waals surface area contributed by atoms with Crippen molar-refractivity contribution in [1.29, 1.82) is 0 Å². The fourth-order valence-corrected chi connectivity index (χ4v) is 5.18. The molecule has 0 radical (unpaired) electrons. The first-order chi connectivity index (χ1) is 14.1. The second kappa shape index (κ2) is 8.65. The minimum absolute atomic E-state index is 0.0454. The average molecular weight is 416 g/mol. The lowest BCUT2D eigenvalue weighted by Gasteiger charge is -2.51. The van der Waals surface area contributed by atoms with Crippen molar-refractivity contribution in [1.82, 2.24) is 15.2 Å². The van der Waals surface area contributed by atoms with E-state index in [1.54, 1.807) is 16.7 Å². The van der Waals surface area contributed by atoms with Crippen LogP contribution in [0.1, 0.15) is 45.4 Å².